The fraction of sp³-hybridized carbons (Fsp3) is 0.222. The molecule has 3 aromatic heterocycles. The highest BCUT2D eigenvalue weighted by Gasteiger charge is 2.21. The minimum absolute atomic E-state index is 0.106. The predicted molar refractivity (Wildman–Crippen MR) is 105 cm³/mol. The second-order valence-corrected chi connectivity index (χ2v) is 7.49. The van der Waals surface area contributed by atoms with Gasteiger partial charge in [0.25, 0.3) is 0 Å². The van der Waals surface area contributed by atoms with E-state index in [2.05, 4.69) is 9.97 Å². The Morgan fingerprint density at radius 3 is 2.59 bits per heavy atom. The topological polar surface area (TPSA) is 74.1 Å². The normalized spacial score (nSPS) is 10.9. The molecule has 6 nitrogen and oxygen atoms in total. The van der Waals surface area contributed by atoms with Crippen molar-refractivity contribution in [2.24, 2.45) is 0 Å². The molecule has 0 aliphatic heterocycles. The molecule has 0 atom stereocenters. The SMILES string of the molecule is Cc1csc(-n2c(C)cc(C(=O)COC(=O)c3nc(Cl)ccc3Cl)c2C)n1. The molecule has 0 saturated carbocycles. The molecule has 0 bridgehead atoms. The third kappa shape index (κ3) is 4.05. The molecule has 140 valence electrons. The number of Topliss-reactive ketones (excluding diaryl/α,β-unsaturated/α-hetero) is 1. The monoisotopic (exact) mass is 423 g/mol. The second-order valence-electron chi connectivity index (χ2n) is 5.86. The average molecular weight is 424 g/mol. The summed E-state index contributed by atoms with van der Waals surface area (Å²) in [6.07, 6.45) is 0. The van der Waals surface area contributed by atoms with Crippen LogP contribution in [0.5, 0.6) is 0 Å². The average Bonchev–Trinajstić information content (AvgIpc) is 3.17. The summed E-state index contributed by atoms with van der Waals surface area (Å²) in [5, 5.41) is 2.95. The van der Waals surface area contributed by atoms with Gasteiger partial charge in [0.1, 0.15) is 5.15 Å². The summed E-state index contributed by atoms with van der Waals surface area (Å²) in [7, 11) is 0. The zero-order valence-corrected chi connectivity index (χ0v) is 17.1. The first kappa shape index (κ1) is 19.5. The number of hydrogen-bond donors (Lipinski definition) is 0. The van der Waals surface area contributed by atoms with Gasteiger partial charge in [0.05, 0.1) is 10.7 Å². The van der Waals surface area contributed by atoms with Gasteiger partial charge in [0, 0.05) is 22.3 Å². The molecule has 3 rings (SSSR count). The van der Waals surface area contributed by atoms with Crippen molar-refractivity contribution in [1.82, 2.24) is 14.5 Å². The number of hydrogen-bond acceptors (Lipinski definition) is 6. The van der Waals surface area contributed by atoms with Gasteiger partial charge in [-0.25, -0.2) is 14.8 Å². The molecule has 0 fully saturated rings. The molecule has 0 unspecified atom stereocenters. The number of ketones is 1. The second kappa shape index (κ2) is 7.80. The van der Waals surface area contributed by atoms with Crippen molar-refractivity contribution >= 4 is 46.3 Å². The van der Waals surface area contributed by atoms with Crippen LogP contribution in [0.15, 0.2) is 23.6 Å². The van der Waals surface area contributed by atoms with E-state index < -0.39 is 12.6 Å². The maximum absolute atomic E-state index is 12.6. The standard InChI is InChI=1S/C18H15Cl2N3O3S/c1-9-8-27-18(21-9)23-10(2)6-12(11(23)3)14(24)7-26-17(25)16-13(19)4-5-15(20)22-16/h4-6,8H,7H2,1-3H3. The van der Waals surface area contributed by atoms with E-state index in [-0.39, 0.29) is 21.7 Å². The van der Waals surface area contributed by atoms with Crippen LogP contribution in [0.25, 0.3) is 5.13 Å². The molecule has 3 aromatic rings. The van der Waals surface area contributed by atoms with E-state index in [9.17, 15) is 9.59 Å². The van der Waals surface area contributed by atoms with Crippen molar-refractivity contribution < 1.29 is 14.3 Å². The zero-order chi connectivity index (χ0) is 19.7. The van der Waals surface area contributed by atoms with Crippen molar-refractivity contribution in [3.63, 3.8) is 0 Å². The first-order valence-corrected chi connectivity index (χ1v) is 9.55. The molecule has 0 aromatic carbocycles. The molecule has 3 heterocycles. The molecule has 0 aliphatic rings. The van der Waals surface area contributed by atoms with E-state index in [1.807, 2.05) is 30.7 Å². The number of rotatable bonds is 5. The Balaban J connectivity index is 1.77. The number of aryl methyl sites for hydroxylation is 2. The van der Waals surface area contributed by atoms with E-state index in [0.29, 0.717) is 5.56 Å². The Bertz CT molecular complexity index is 1040. The van der Waals surface area contributed by atoms with E-state index in [1.165, 1.54) is 23.5 Å². The number of carbonyl (C=O) groups is 2. The van der Waals surface area contributed by atoms with Crippen molar-refractivity contribution in [1.29, 1.82) is 0 Å². The number of halogens is 2. The van der Waals surface area contributed by atoms with Crippen LogP contribution in [-0.2, 0) is 4.74 Å². The van der Waals surface area contributed by atoms with Gasteiger partial charge >= 0.3 is 5.97 Å². The quantitative estimate of drug-likeness (QED) is 0.340. The molecule has 9 heteroatoms. The summed E-state index contributed by atoms with van der Waals surface area (Å²) in [4.78, 5) is 33.0. The third-order valence-electron chi connectivity index (χ3n) is 3.87. The molecule has 0 radical (unpaired) electrons. The lowest BCUT2D eigenvalue weighted by atomic mass is 10.1. The van der Waals surface area contributed by atoms with Gasteiger partial charge in [-0.15, -0.1) is 11.3 Å². The Kier molecular flexibility index (Phi) is 5.64. The molecule has 0 N–H and O–H groups in total. The Morgan fingerprint density at radius 1 is 1.19 bits per heavy atom. The van der Waals surface area contributed by atoms with Gasteiger partial charge in [0.15, 0.2) is 17.4 Å². The molecular formula is C18H15Cl2N3O3S. The molecule has 0 amide bonds. The summed E-state index contributed by atoms with van der Waals surface area (Å²) in [5.74, 6) is -1.13. The minimum Gasteiger partial charge on any atom is -0.453 e. The number of pyridine rings is 1. The Morgan fingerprint density at radius 2 is 1.93 bits per heavy atom. The van der Waals surface area contributed by atoms with E-state index in [4.69, 9.17) is 27.9 Å². The van der Waals surface area contributed by atoms with E-state index in [1.54, 1.807) is 6.07 Å². The number of thiazole rings is 1. The van der Waals surface area contributed by atoms with Crippen molar-refractivity contribution in [2.75, 3.05) is 6.61 Å². The summed E-state index contributed by atoms with van der Waals surface area (Å²) in [5.41, 5.74) is 2.87. The fourth-order valence-corrected chi connectivity index (χ4v) is 3.86. The summed E-state index contributed by atoms with van der Waals surface area (Å²) >= 11 is 13.2. The summed E-state index contributed by atoms with van der Waals surface area (Å²) < 4.78 is 6.98. The number of ether oxygens (including phenoxy) is 1. The number of esters is 1. The Hall–Kier alpha value is -2.22. The fourth-order valence-electron chi connectivity index (χ4n) is 2.62. The van der Waals surface area contributed by atoms with Crippen LogP contribution in [0, 0.1) is 20.8 Å². The van der Waals surface area contributed by atoms with Gasteiger partial charge < -0.3 is 4.74 Å². The van der Waals surface area contributed by atoms with E-state index >= 15 is 0 Å². The van der Waals surface area contributed by atoms with Crippen LogP contribution >= 0.6 is 34.5 Å². The van der Waals surface area contributed by atoms with Crippen molar-refractivity contribution in [2.45, 2.75) is 20.8 Å². The van der Waals surface area contributed by atoms with Crippen LogP contribution in [0.4, 0.5) is 0 Å². The van der Waals surface area contributed by atoms with Gasteiger partial charge in [-0.1, -0.05) is 23.2 Å². The van der Waals surface area contributed by atoms with Crippen molar-refractivity contribution in [3.05, 3.63) is 62.1 Å². The lowest BCUT2D eigenvalue weighted by Gasteiger charge is -2.07. The van der Waals surface area contributed by atoms with Crippen LogP contribution in [0.1, 0.15) is 37.9 Å². The summed E-state index contributed by atoms with van der Waals surface area (Å²) in [6.45, 7) is 5.20. The van der Waals surface area contributed by atoms with Crippen LogP contribution in [0.3, 0.4) is 0 Å². The zero-order valence-electron chi connectivity index (χ0n) is 14.7. The number of carbonyl (C=O) groups excluding carboxylic acids is 2. The lowest BCUT2D eigenvalue weighted by Crippen LogP contribution is -2.16. The molecular weight excluding hydrogens is 409 g/mol. The highest BCUT2D eigenvalue weighted by molar-refractivity contribution is 7.12. The number of aromatic nitrogens is 3. The van der Waals surface area contributed by atoms with Gasteiger partial charge in [0.2, 0.25) is 5.78 Å². The van der Waals surface area contributed by atoms with Gasteiger partial charge in [-0.3, -0.25) is 9.36 Å². The van der Waals surface area contributed by atoms with Crippen molar-refractivity contribution in [3.8, 4) is 5.13 Å². The van der Waals surface area contributed by atoms with Crippen LogP contribution in [-0.4, -0.2) is 32.9 Å². The Labute approximate surface area is 169 Å². The molecule has 0 saturated heterocycles. The highest BCUT2D eigenvalue weighted by atomic mass is 35.5. The maximum Gasteiger partial charge on any atom is 0.359 e. The van der Waals surface area contributed by atoms with Crippen LogP contribution in [0.2, 0.25) is 10.2 Å². The maximum atomic E-state index is 12.6. The molecule has 0 aliphatic carbocycles. The highest BCUT2D eigenvalue weighted by Crippen LogP contribution is 2.24. The molecule has 0 spiro atoms. The minimum atomic E-state index is -0.805. The first-order chi connectivity index (χ1) is 12.8. The van der Waals surface area contributed by atoms with Gasteiger partial charge in [-0.05, 0) is 39.0 Å². The smallest absolute Gasteiger partial charge is 0.359 e. The lowest BCUT2D eigenvalue weighted by molar-refractivity contribution is 0.0469. The number of nitrogens with zero attached hydrogens (tertiary/aromatic N) is 3. The largest absolute Gasteiger partial charge is 0.453 e. The van der Waals surface area contributed by atoms with E-state index in [0.717, 1.165) is 22.2 Å². The third-order valence-corrected chi connectivity index (χ3v) is 5.33. The van der Waals surface area contributed by atoms with Gasteiger partial charge in [-0.2, -0.15) is 0 Å². The predicted octanol–water partition coefficient (Wildman–Crippen LogP) is 4.60. The van der Waals surface area contributed by atoms with Crippen LogP contribution < -0.4 is 0 Å². The molecule has 27 heavy (non-hydrogen) atoms. The first-order valence-electron chi connectivity index (χ1n) is 7.91. The summed E-state index contributed by atoms with van der Waals surface area (Å²) in [6, 6.07) is 4.66.